The molecule has 0 aromatic rings. The molecule has 4 atom stereocenters. The maximum absolute atomic E-state index is 12.4. The fraction of sp³-hybridized carbons (Fsp3) is 0.889. The van der Waals surface area contributed by atoms with Crippen LogP contribution in [0.3, 0.4) is 0 Å². The molecule has 0 radical (unpaired) electrons. The van der Waals surface area contributed by atoms with Crippen molar-refractivity contribution in [2.75, 3.05) is 20.3 Å². The molecule has 4 nitrogen and oxygen atoms in total. The number of rotatable bonds is 6. The Hall–Kier alpha value is -0.900. The fourth-order valence-corrected chi connectivity index (χ4v) is 4.17. The Balaban J connectivity index is 1.86. The van der Waals surface area contributed by atoms with Gasteiger partial charge in [0.25, 0.3) is 0 Å². The summed E-state index contributed by atoms with van der Waals surface area (Å²) in [5, 5.41) is 0. The number of carbonyl (C=O) groups excluding carboxylic acids is 2. The van der Waals surface area contributed by atoms with E-state index in [1.807, 2.05) is 0 Å². The lowest BCUT2D eigenvalue weighted by atomic mass is 9.77. The molecule has 2 rings (SSSR count). The average molecular weight is 310 g/mol. The van der Waals surface area contributed by atoms with E-state index >= 15 is 0 Å². The van der Waals surface area contributed by atoms with Gasteiger partial charge in [-0.2, -0.15) is 0 Å². The molecule has 2 saturated carbocycles. The number of ether oxygens (including phenoxy) is 2. The van der Waals surface area contributed by atoms with Gasteiger partial charge in [0.15, 0.2) is 0 Å². The van der Waals surface area contributed by atoms with Gasteiger partial charge >= 0.3 is 5.97 Å². The van der Waals surface area contributed by atoms with Crippen LogP contribution in [0.2, 0.25) is 0 Å². The summed E-state index contributed by atoms with van der Waals surface area (Å²) in [6.07, 6.45) is 8.44. The Bertz CT molecular complexity index is 377. The first-order valence-corrected chi connectivity index (χ1v) is 8.79. The van der Waals surface area contributed by atoms with E-state index in [0.29, 0.717) is 19.1 Å². The van der Waals surface area contributed by atoms with Gasteiger partial charge < -0.3 is 9.47 Å². The number of ketones is 1. The van der Waals surface area contributed by atoms with E-state index in [2.05, 4.69) is 0 Å². The van der Waals surface area contributed by atoms with Crippen LogP contribution in [-0.4, -0.2) is 32.1 Å². The molecule has 0 saturated heterocycles. The number of hydrogen-bond acceptors (Lipinski definition) is 4. The summed E-state index contributed by atoms with van der Waals surface area (Å²) in [5.74, 6) is 0.752. The Kier molecular flexibility index (Phi) is 6.87. The summed E-state index contributed by atoms with van der Waals surface area (Å²) in [5.41, 5.74) is 0. The van der Waals surface area contributed by atoms with E-state index in [-0.39, 0.29) is 29.5 Å². The Morgan fingerprint density at radius 2 is 1.41 bits per heavy atom. The standard InChI is InChI=1S/C18H30O4/c1-13(19)16-9-5-3-8-15(16)12-22-18(20)17-10-6-4-7-14(17)11-21-2/h14-17H,3-12H2,1-2H3. The van der Waals surface area contributed by atoms with E-state index in [1.54, 1.807) is 14.0 Å². The Labute approximate surface area is 133 Å². The van der Waals surface area contributed by atoms with Gasteiger partial charge in [-0.05, 0) is 38.5 Å². The molecule has 4 unspecified atom stereocenters. The van der Waals surface area contributed by atoms with Crippen molar-refractivity contribution < 1.29 is 19.1 Å². The second-order valence-corrected chi connectivity index (χ2v) is 7.00. The van der Waals surface area contributed by atoms with E-state index in [9.17, 15) is 9.59 Å². The van der Waals surface area contributed by atoms with Crippen LogP contribution in [0.25, 0.3) is 0 Å². The molecule has 0 N–H and O–H groups in total. The molecule has 126 valence electrons. The highest BCUT2D eigenvalue weighted by atomic mass is 16.5. The predicted octanol–water partition coefficient (Wildman–Crippen LogP) is 3.38. The molecule has 0 aromatic carbocycles. The quantitative estimate of drug-likeness (QED) is 0.706. The number of esters is 1. The van der Waals surface area contributed by atoms with Crippen LogP contribution in [0.15, 0.2) is 0 Å². The predicted molar refractivity (Wildman–Crippen MR) is 84.4 cm³/mol. The van der Waals surface area contributed by atoms with Gasteiger partial charge in [-0.3, -0.25) is 9.59 Å². The van der Waals surface area contributed by atoms with Crippen molar-refractivity contribution in [1.82, 2.24) is 0 Å². The minimum absolute atomic E-state index is 0.0203. The summed E-state index contributed by atoms with van der Waals surface area (Å²) < 4.78 is 10.9. The van der Waals surface area contributed by atoms with Crippen molar-refractivity contribution in [2.45, 2.75) is 58.3 Å². The summed E-state index contributed by atoms with van der Waals surface area (Å²) >= 11 is 0. The number of methoxy groups -OCH3 is 1. The summed E-state index contributed by atoms with van der Waals surface area (Å²) in [6.45, 7) is 2.72. The number of Topliss-reactive ketones (excluding diaryl/α,β-unsaturated/α-hetero) is 1. The molecule has 2 fully saturated rings. The zero-order chi connectivity index (χ0) is 15.9. The summed E-state index contributed by atoms with van der Waals surface area (Å²) in [4.78, 5) is 24.2. The lowest BCUT2D eigenvalue weighted by Gasteiger charge is -2.32. The van der Waals surface area contributed by atoms with Crippen molar-refractivity contribution in [2.24, 2.45) is 23.7 Å². The first kappa shape index (κ1) is 17.5. The second-order valence-electron chi connectivity index (χ2n) is 7.00. The smallest absolute Gasteiger partial charge is 0.309 e. The molecule has 2 aliphatic rings. The first-order chi connectivity index (χ1) is 10.6. The van der Waals surface area contributed by atoms with Crippen LogP contribution in [-0.2, 0) is 19.1 Å². The molecular weight excluding hydrogens is 280 g/mol. The van der Waals surface area contributed by atoms with Crippen LogP contribution in [0, 0.1) is 23.7 Å². The SMILES string of the molecule is COCC1CCCCC1C(=O)OCC1CCCCC1C(C)=O. The minimum atomic E-state index is -0.0744. The zero-order valence-electron chi connectivity index (χ0n) is 14.0. The molecular formula is C18H30O4. The average Bonchev–Trinajstić information content (AvgIpc) is 2.53. The summed E-state index contributed by atoms with van der Waals surface area (Å²) in [6, 6.07) is 0. The molecule has 22 heavy (non-hydrogen) atoms. The molecule has 0 heterocycles. The largest absolute Gasteiger partial charge is 0.465 e. The topological polar surface area (TPSA) is 52.6 Å². The third-order valence-corrected chi connectivity index (χ3v) is 5.46. The van der Waals surface area contributed by atoms with Crippen molar-refractivity contribution in [1.29, 1.82) is 0 Å². The third kappa shape index (κ3) is 4.55. The molecule has 0 aliphatic heterocycles. The van der Waals surface area contributed by atoms with Crippen LogP contribution in [0.1, 0.15) is 58.3 Å². The third-order valence-electron chi connectivity index (χ3n) is 5.46. The van der Waals surface area contributed by atoms with Gasteiger partial charge in [0.05, 0.1) is 12.5 Å². The molecule has 4 heteroatoms. The van der Waals surface area contributed by atoms with E-state index in [0.717, 1.165) is 44.9 Å². The first-order valence-electron chi connectivity index (χ1n) is 8.79. The highest BCUT2D eigenvalue weighted by molar-refractivity contribution is 5.78. The van der Waals surface area contributed by atoms with Crippen LogP contribution in [0.4, 0.5) is 0 Å². The highest BCUT2D eigenvalue weighted by Crippen LogP contribution is 2.33. The second kappa shape index (κ2) is 8.66. The Morgan fingerprint density at radius 3 is 2.00 bits per heavy atom. The van der Waals surface area contributed by atoms with Gasteiger partial charge in [0.1, 0.15) is 5.78 Å². The van der Waals surface area contributed by atoms with Gasteiger partial charge in [0.2, 0.25) is 0 Å². The number of hydrogen-bond donors (Lipinski definition) is 0. The highest BCUT2D eigenvalue weighted by Gasteiger charge is 2.34. The molecule has 0 amide bonds. The normalized spacial score (nSPS) is 32.5. The molecule has 2 aliphatic carbocycles. The lowest BCUT2D eigenvalue weighted by Crippen LogP contribution is -2.34. The van der Waals surface area contributed by atoms with Gasteiger partial charge in [-0.25, -0.2) is 0 Å². The van der Waals surface area contributed by atoms with E-state index in [1.165, 1.54) is 6.42 Å². The van der Waals surface area contributed by atoms with Crippen molar-refractivity contribution in [3.05, 3.63) is 0 Å². The number of carbonyl (C=O) groups is 2. The van der Waals surface area contributed by atoms with Gasteiger partial charge in [-0.15, -0.1) is 0 Å². The van der Waals surface area contributed by atoms with Crippen molar-refractivity contribution >= 4 is 11.8 Å². The van der Waals surface area contributed by atoms with Gasteiger partial charge in [0, 0.05) is 25.6 Å². The minimum Gasteiger partial charge on any atom is -0.465 e. The van der Waals surface area contributed by atoms with E-state index in [4.69, 9.17) is 9.47 Å². The van der Waals surface area contributed by atoms with Crippen molar-refractivity contribution in [3.63, 3.8) is 0 Å². The maximum atomic E-state index is 12.4. The Morgan fingerprint density at radius 1 is 0.864 bits per heavy atom. The van der Waals surface area contributed by atoms with Crippen LogP contribution >= 0.6 is 0 Å². The lowest BCUT2D eigenvalue weighted by molar-refractivity contribution is -0.156. The van der Waals surface area contributed by atoms with Gasteiger partial charge in [-0.1, -0.05) is 25.7 Å². The monoisotopic (exact) mass is 310 g/mol. The van der Waals surface area contributed by atoms with Crippen LogP contribution < -0.4 is 0 Å². The zero-order valence-corrected chi connectivity index (χ0v) is 14.0. The van der Waals surface area contributed by atoms with E-state index < -0.39 is 0 Å². The molecule has 0 spiro atoms. The summed E-state index contributed by atoms with van der Waals surface area (Å²) in [7, 11) is 1.69. The fourth-order valence-electron chi connectivity index (χ4n) is 4.17. The molecule has 0 bridgehead atoms. The maximum Gasteiger partial charge on any atom is 0.309 e. The molecule has 0 aromatic heterocycles. The van der Waals surface area contributed by atoms with Crippen LogP contribution in [0.5, 0.6) is 0 Å². The van der Waals surface area contributed by atoms with Crippen molar-refractivity contribution in [3.8, 4) is 0 Å².